The SMILES string of the molecule is N#Cc1ccc(Nc2ccc([N+](=O)[O-])cc2)cc1F. The molecule has 2 aromatic carbocycles. The van der Waals surface area contributed by atoms with Crippen molar-refractivity contribution in [1.29, 1.82) is 5.26 Å². The summed E-state index contributed by atoms with van der Waals surface area (Å²) in [5, 5.41) is 22.0. The van der Waals surface area contributed by atoms with Crippen LogP contribution in [0.1, 0.15) is 5.56 Å². The number of nitro benzene ring substituents is 1. The highest BCUT2D eigenvalue weighted by Crippen LogP contribution is 2.21. The molecule has 19 heavy (non-hydrogen) atoms. The zero-order valence-electron chi connectivity index (χ0n) is 9.63. The molecule has 0 amide bonds. The summed E-state index contributed by atoms with van der Waals surface area (Å²) in [6, 6.07) is 11.6. The van der Waals surface area contributed by atoms with Crippen molar-refractivity contribution in [1.82, 2.24) is 0 Å². The van der Waals surface area contributed by atoms with Gasteiger partial charge in [-0.1, -0.05) is 0 Å². The first kappa shape index (κ1) is 12.5. The van der Waals surface area contributed by atoms with Crippen molar-refractivity contribution in [2.45, 2.75) is 0 Å². The number of hydrogen-bond donors (Lipinski definition) is 1. The average molecular weight is 257 g/mol. The lowest BCUT2D eigenvalue weighted by atomic mass is 10.2. The van der Waals surface area contributed by atoms with Crippen LogP contribution in [0.2, 0.25) is 0 Å². The van der Waals surface area contributed by atoms with Crippen LogP contribution in [0.15, 0.2) is 42.5 Å². The Morgan fingerprint density at radius 1 is 1.16 bits per heavy atom. The van der Waals surface area contributed by atoms with Gasteiger partial charge in [0, 0.05) is 23.5 Å². The highest BCUT2D eigenvalue weighted by molar-refractivity contribution is 5.61. The lowest BCUT2D eigenvalue weighted by molar-refractivity contribution is -0.384. The van der Waals surface area contributed by atoms with Crippen molar-refractivity contribution in [3.63, 3.8) is 0 Å². The second-order valence-corrected chi connectivity index (χ2v) is 3.74. The Balaban J connectivity index is 2.19. The molecule has 6 heteroatoms. The summed E-state index contributed by atoms with van der Waals surface area (Å²) in [6.07, 6.45) is 0. The topological polar surface area (TPSA) is 79.0 Å². The monoisotopic (exact) mass is 257 g/mol. The van der Waals surface area contributed by atoms with E-state index in [9.17, 15) is 14.5 Å². The summed E-state index contributed by atoms with van der Waals surface area (Å²) in [5.41, 5.74) is 1.01. The van der Waals surface area contributed by atoms with Gasteiger partial charge in [-0.25, -0.2) is 4.39 Å². The van der Waals surface area contributed by atoms with Gasteiger partial charge in [-0.3, -0.25) is 10.1 Å². The Labute approximate surface area is 108 Å². The summed E-state index contributed by atoms with van der Waals surface area (Å²) >= 11 is 0. The number of benzene rings is 2. The third-order valence-electron chi connectivity index (χ3n) is 2.46. The normalized spacial score (nSPS) is 9.68. The van der Waals surface area contributed by atoms with Gasteiger partial charge in [-0.2, -0.15) is 5.26 Å². The van der Waals surface area contributed by atoms with E-state index in [1.165, 1.54) is 36.4 Å². The Morgan fingerprint density at radius 3 is 2.32 bits per heavy atom. The Bertz CT molecular complexity index is 663. The van der Waals surface area contributed by atoms with E-state index in [1.807, 2.05) is 0 Å². The van der Waals surface area contributed by atoms with Gasteiger partial charge in [0.1, 0.15) is 11.9 Å². The van der Waals surface area contributed by atoms with E-state index in [4.69, 9.17) is 5.26 Å². The molecule has 0 radical (unpaired) electrons. The quantitative estimate of drug-likeness (QED) is 0.675. The molecule has 0 fully saturated rings. The van der Waals surface area contributed by atoms with Crippen LogP contribution < -0.4 is 5.32 Å². The zero-order valence-corrected chi connectivity index (χ0v) is 9.63. The van der Waals surface area contributed by atoms with Crippen LogP contribution in [0.25, 0.3) is 0 Å². The molecule has 2 rings (SSSR count). The van der Waals surface area contributed by atoms with Gasteiger partial charge < -0.3 is 5.32 Å². The van der Waals surface area contributed by atoms with Crippen LogP contribution in [0, 0.1) is 27.3 Å². The van der Waals surface area contributed by atoms with Gasteiger partial charge in [0.2, 0.25) is 0 Å². The predicted molar refractivity (Wildman–Crippen MR) is 67.5 cm³/mol. The maximum atomic E-state index is 13.4. The van der Waals surface area contributed by atoms with E-state index in [0.29, 0.717) is 11.4 Å². The molecule has 0 aromatic heterocycles. The number of nitrogens with zero attached hydrogens (tertiary/aromatic N) is 2. The zero-order chi connectivity index (χ0) is 13.8. The fraction of sp³-hybridized carbons (Fsp3) is 0. The van der Waals surface area contributed by atoms with E-state index in [-0.39, 0.29) is 11.3 Å². The van der Waals surface area contributed by atoms with Gasteiger partial charge in [-0.05, 0) is 30.3 Å². The minimum absolute atomic E-state index is 0.0171. The van der Waals surface area contributed by atoms with Crippen LogP contribution in [-0.4, -0.2) is 4.92 Å². The number of nitrogens with one attached hydrogen (secondary N) is 1. The summed E-state index contributed by atoms with van der Waals surface area (Å²) < 4.78 is 13.4. The second kappa shape index (κ2) is 5.14. The predicted octanol–water partition coefficient (Wildman–Crippen LogP) is 3.35. The van der Waals surface area contributed by atoms with Gasteiger partial charge in [-0.15, -0.1) is 0 Å². The lowest BCUT2D eigenvalue weighted by Gasteiger charge is -2.06. The van der Waals surface area contributed by atoms with Crippen molar-refractivity contribution in [3.8, 4) is 6.07 Å². The van der Waals surface area contributed by atoms with E-state index in [2.05, 4.69) is 5.32 Å². The fourth-order valence-corrected chi connectivity index (χ4v) is 1.52. The molecule has 1 N–H and O–H groups in total. The number of nitro groups is 1. The maximum Gasteiger partial charge on any atom is 0.269 e. The highest BCUT2D eigenvalue weighted by atomic mass is 19.1. The Hall–Kier alpha value is -2.94. The molecule has 0 heterocycles. The van der Waals surface area contributed by atoms with E-state index in [0.717, 1.165) is 0 Å². The Kier molecular flexibility index (Phi) is 3.39. The van der Waals surface area contributed by atoms with Crippen molar-refractivity contribution in [2.75, 3.05) is 5.32 Å². The van der Waals surface area contributed by atoms with Gasteiger partial charge in [0.05, 0.1) is 10.5 Å². The minimum atomic E-state index is -0.616. The van der Waals surface area contributed by atoms with E-state index >= 15 is 0 Å². The number of nitriles is 1. The molecule has 2 aromatic rings. The molecular weight excluding hydrogens is 249 g/mol. The number of non-ortho nitro benzene ring substituents is 1. The number of halogens is 1. The largest absolute Gasteiger partial charge is 0.355 e. The molecule has 0 unspecified atom stereocenters. The standard InChI is InChI=1S/C13H8FN3O2/c14-13-7-11(2-1-9(13)8-15)16-10-3-5-12(6-4-10)17(18)19/h1-7,16H. The second-order valence-electron chi connectivity index (χ2n) is 3.74. The molecule has 0 spiro atoms. The average Bonchev–Trinajstić information content (AvgIpc) is 2.39. The summed E-state index contributed by atoms with van der Waals surface area (Å²) in [6.45, 7) is 0. The molecule has 94 valence electrons. The number of rotatable bonds is 3. The van der Waals surface area contributed by atoms with Gasteiger partial charge in [0.25, 0.3) is 5.69 Å². The summed E-state index contributed by atoms with van der Waals surface area (Å²) in [4.78, 5) is 10.00. The molecule has 0 saturated carbocycles. The van der Waals surface area contributed by atoms with Crippen molar-refractivity contribution >= 4 is 17.1 Å². The first-order valence-corrected chi connectivity index (χ1v) is 5.31. The van der Waals surface area contributed by atoms with Crippen molar-refractivity contribution in [2.24, 2.45) is 0 Å². The van der Waals surface area contributed by atoms with Gasteiger partial charge in [0.15, 0.2) is 0 Å². The van der Waals surface area contributed by atoms with Gasteiger partial charge >= 0.3 is 0 Å². The van der Waals surface area contributed by atoms with Crippen LogP contribution in [0.4, 0.5) is 21.5 Å². The Morgan fingerprint density at radius 2 is 1.79 bits per heavy atom. The molecule has 0 atom stereocenters. The van der Waals surface area contributed by atoms with E-state index in [1.54, 1.807) is 12.1 Å². The fourth-order valence-electron chi connectivity index (χ4n) is 1.52. The van der Waals surface area contributed by atoms with Crippen molar-refractivity contribution < 1.29 is 9.31 Å². The lowest BCUT2D eigenvalue weighted by Crippen LogP contribution is -1.93. The smallest absolute Gasteiger partial charge is 0.269 e. The summed E-state index contributed by atoms with van der Waals surface area (Å²) in [7, 11) is 0. The van der Waals surface area contributed by atoms with E-state index < -0.39 is 10.7 Å². The molecule has 5 nitrogen and oxygen atoms in total. The number of anilines is 2. The molecule has 0 aliphatic carbocycles. The molecule has 0 aliphatic heterocycles. The highest BCUT2D eigenvalue weighted by Gasteiger charge is 2.05. The maximum absolute atomic E-state index is 13.4. The minimum Gasteiger partial charge on any atom is -0.355 e. The molecule has 0 saturated heterocycles. The summed E-state index contributed by atoms with van der Waals surface area (Å²) in [5.74, 6) is -0.616. The first-order valence-electron chi connectivity index (χ1n) is 5.31. The van der Waals surface area contributed by atoms with Crippen LogP contribution in [0.5, 0.6) is 0 Å². The first-order chi connectivity index (χ1) is 9.10. The van der Waals surface area contributed by atoms with Crippen LogP contribution in [-0.2, 0) is 0 Å². The van der Waals surface area contributed by atoms with Crippen LogP contribution in [0.3, 0.4) is 0 Å². The van der Waals surface area contributed by atoms with Crippen LogP contribution >= 0.6 is 0 Å². The third kappa shape index (κ3) is 2.84. The molecule has 0 bridgehead atoms. The molecule has 0 aliphatic rings. The molecular formula is C13H8FN3O2. The number of hydrogen-bond acceptors (Lipinski definition) is 4. The van der Waals surface area contributed by atoms with Crippen molar-refractivity contribution in [3.05, 3.63) is 64.0 Å². The third-order valence-corrected chi connectivity index (χ3v) is 2.46.